The highest BCUT2D eigenvalue weighted by molar-refractivity contribution is 5.84. The average molecular weight is 300 g/mol. The van der Waals surface area contributed by atoms with E-state index in [9.17, 15) is 9.59 Å². The molecule has 22 heavy (non-hydrogen) atoms. The molecule has 4 nitrogen and oxygen atoms in total. The summed E-state index contributed by atoms with van der Waals surface area (Å²) in [4.78, 5) is 26.1. The second-order valence-electron chi connectivity index (χ2n) is 6.45. The lowest BCUT2D eigenvalue weighted by molar-refractivity contribution is -0.138. The van der Waals surface area contributed by atoms with Gasteiger partial charge in [0, 0.05) is 25.6 Å². The zero-order valence-corrected chi connectivity index (χ0v) is 13.0. The zero-order chi connectivity index (χ0) is 15.4. The first kappa shape index (κ1) is 15.1. The van der Waals surface area contributed by atoms with Crippen molar-refractivity contribution in [2.75, 3.05) is 13.1 Å². The summed E-state index contributed by atoms with van der Waals surface area (Å²) >= 11 is 0. The van der Waals surface area contributed by atoms with Gasteiger partial charge in [-0.05, 0) is 37.7 Å². The summed E-state index contributed by atoms with van der Waals surface area (Å²) in [6.07, 6.45) is 5.35. The van der Waals surface area contributed by atoms with Gasteiger partial charge in [-0.2, -0.15) is 0 Å². The van der Waals surface area contributed by atoms with E-state index in [2.05, 4.69) is 17.4 Å². The fraction of sp³-hybridized carbons (Fsp3) is 0.556. The number of carbonyl (C=O) groups is 2. The van der Waals surface area contributed by atoms with E-state index < -0.39 is 0 Å². The third kappa shape index (κ3) is 4.09. The number of amides is 2. The standard InChI is InChI=1S/C18H24N2O2/c21-17-11-8-15(18(22)19-16-9-10-16)13-20(17)12-4-7-14-5-2-1-3-6-14/h1-3,5-6,15-16H,4,7-13H2,(H,19,22)/t15-/m0/s1. The minimum atomic E-state index is -0.0185. The number of hydrogen-bond acceptors (Lipinski definition) is 2. The lowest BCUT2D eigenvalue weighted by Gasteiger charge is -2.32. The molecule has 0 bridgehead atoms. The van der Waals surface area contributed by atoms with Crippen LogP contribution in [0.3, 0.4) is 0 Å². The number of piperidine rings is 1. The maximum Gasteiger partial charge on any atom is 0.225 e. The van der Waals surface area contributed by atoms with Gasteiger partial charge < -0.3 is 10.2 Å². The molecule has 2 fully saturated rings. The van der Waals surface area contributed by atoms with Crippen molar-refractivity contribution in [1.82, 2.24) is 10.2 Å². The summed E-state index contributed by atoms with van der Waals surface area (Å²) in [5.41, 5.74) is 1.30. The van der Waals surface area contributed by atoms with Crippen LogP contribution in [0.2, 0.25) is 0 Å². The van der Waals surface area contributed by atoms with E-state index >= 15 is 0 Å². The third-order valence-electron chi connectivity index (χ3n) is 4.53. The first-order valence-electron chi connectivity index (χ1n) is 8.34. The monoisotopic (exact) mass is 300 g/mol. The molecule has 0 spiro atoms. The lowest BCUT2D eigenvalue weighted by Crippen LogP contribution is -2.46. The van der Waals surface area contributed by atoms with Gasteiger partial charge in [-0.1, -0.05) is 30.3 Å². The molecule has 2 amide bonds. The average Bonchev–Trinajstić information content (AvgIpc) is 3.34. The van der Waals surface area contributed by atoms with E-state index in [0.717, 1.165) is 32.2 Å². The van der Waals surface area contributed by atoms with Gasteiger partial charge in [-0.25, -0.2) is 0 Å². The summed E-state index contributed by atoms with van der Waals surface area (Å²) < 4.78 is 0. The Hall–Kier alpha value is -1.84. The topological polar surface area (TPSA) is 49.4 Å². The molecule has 1 aromatic carbocycles. The minimum Gasteiger partial charge on any atom is -0.353 e. The van der Waals surface area contributed by atoms with Crippen molar-refractivity contribution in [3.05, 3.63) is 35.9 Å². The van der Waals surface area contributed by atoms with Crippen LogP contribution in [-0.2, 0) is 16.0 Å². The van der Waals surface area contributed by atoms with Gasteiger partial charge in [0.1, 0.15) is 0 Å². The molecule has 1 N–H and O–H groups in total. The van der Waals surface area contributed by atoms with Gasteiger partial charge in [0.05, 0.1) is 5.92 Å². The maximum absolute atomic E-state index is 12.1. The number of nitrogens with one attached hydrogen (secondary N) is 1. The maximum atomic E-state index is 12.1. The van der Waals surface area contributed by atoms with E-state index in [0.29, 0.717) is 25.4 Å². The Kier molecular flexibility index (Phi) is 4.76. The predicted molar refractivity (Wildman–Crippen MR) is 85.2 cm³/mol. The molecule has 3 rings (SSSR count). The van der Waals surface area contributed by atoms with Crippen molar-refractivity contribution in [2.24, 2.45) is 5.92 Å². The molecule has 1 aliphatic carbocycles. The molecule has 1 saturated heterocycles. The second kappa shape index (κ2) is 6.95. The van der Waals surface area contributed by atoms with Crippen LogP contribution in [0.25, 0.3) is 0 Å². The Bertz CT molecular complexity index is 525. The molecule has 1 atom stereocenters. The van der Waals surface area contributed by atoms with Crippen molar-refractivity contribution in [3.8, 4) is 0 Å². The largest absolute Gasteiger partial charge is 0.353 e. The first-order valence-corrected chi connectivity index (χ1v) is 8.34. The Morgan fingerprint density at radius 2 is 1.95 bits per heavy atom. The number of likely N-dealkylation sites (tertiary alicyclic amines) is 1. The molecular formula is C18H24N2O2. The van der Waals surface area contributed by atoms with E-state index in [4.69, 9.17) is 0 Å². The van der Waals surface area contributed by atoms with Crippen molar-refractivity contribution in [2.45, 2.75) is 44.6 Å². The van der Waals surface area contributed by atoms with Crippen LogP contribution in [-0.4, -0.2) is 35.8 Å². The van der Waals surface area contributed by atoms with Crippen LogP contribution in [0.15, 0.2) is 30.3 Å². The van der Waals surface area contributed by atoms with E-state index in [1.807, 2.05) is 23.1 Å². The van der Waals surface area contributed by atoms with E-state index in [-0.39, 0.29) is 17.7 Å². The molecule has 0 radical (unpaired) electrons. The molecule has 0 unspecified atom stereocenters. The minimum absolute atomic E-state index is 0.0185. The summed E-state index contributed by atoms with van der Waals surface area (Å²) in [6, 6.07) is 10.7. The fourth-order valence-corrected chi connectivity index (χ4v) is 3.01. The van der Waals surface area contributed by atoms with Crippen molar-refractivity contribution in [3.63, 3.8) is 0 Å². The zero-order valence-electron chi connectivity index (χ0n) is 13.0. The molecule has 2 aliphatic rings. The second-order valence-corrected chi connectivity index (χ2v) is 6.45. The van der Waals surface area contributed by atoms with Gasteiger partial charge >= 0.3 is 0 Å². The number of hydrogen-bond donors (Lipinski definition) is 1. The predicted octanol–water partition coefficient (Wildman–Crippen LogP) is 2.14. The highest BCUT2D eigenvalue weighted by Gasteiger charge is 2.32. The fourth-order valence-electron chi connectivity index (χ4n) is 3.01. The van der Waals surface area contributed by atoms with Crippen LogP contribution in [0.5, 0.6) is 0 Å². The molecule has 4 heteroatoms. The molecule has 118 valence electrons. The molecular weight excluding hydrogens is 276 g/mol. The summed E-state index contributed by atoms with van der Waals surface area (Å²) in [6.45, 7) is 1.34. The van der Waals surface area contributed by atoms with Crippen LogP contribution in [0.1, 0.15) is 37.7 Å². The van der Waals surface area contributed by atoms with E-state index in [1.165, 1.54) is 5.56 Å². The molecule has 1 saturated carbocycles. The van der Waals surface area contributed by atoms with Gasteiger partial charge in [-0.15, -0.1) is 0 Å². The normalized spacial score (nSPS) is 21.7. The van der Waals surface area contributed by atoms with Gasteiger partial charge in [0.2, 0.25) is 11.8 Å². The lowest BCUT2D eigenvalue weighted by atomic mass is 9.96. The molecule has 1 heterocycles. The van der Waals surface area contributed by atoms with Gasteiger partial charge in [-0.3, -0.25) is 9.59 Å². The van der Waals surface area contributed by atoms with Gasteiger partial charge in [0.25, 0.3) is 0 Å². The van der Waals surface area contributed by atoms with E-state index in [1.54, 1.807) is 0 Å². The first-order chi connectivity index (χ1) is 10.7. The number of rotatable bonds is 6. The Labute approximate surface area is 131 Å². The summed E-state index contributed by atoms with van der Waals surface area (Å²) in [5, 5.41) is 3.06. The number of carbonyl (C=O) groups excluding carboxylic acids is 2. The van der Waals surface area contributed by atoms with Crippen molar-refractivity contribution < 1.29 is 9.59 Å². The number of aryl methyl sites for hydroxylation is 1. The summed E-state index contributed by atoms with van der Waals surface area (Å²) in [5.74, 6) is 0.321. The van der Waals surface area contributed by atoms with Gasteiger partial charge in [0.15, 0.2) is 0 Å². The Balaban J connectivity index is 1.46. The molecule has 1 aliphatic heterocycles. The van der Waals surface area contributed by atoms with Crippen LogP contribution >= 0.6 is 0 Å². The Morgan fingerprint density at radius 3 is 2.68 bits per heavy atom. The third-order valence-corrected chi connectivity index (χ3v) is 4.53. The van der Waals surface area contributed by atoms with Crippen molar-refractivity contribution >= 4 is 11.8 Å². The van der Waals surface area contributed by atoms with Crippen molar-refractivity contribution in [1.29, 1.82) is 0 Å². The quantitative estimate of drug-likeness (QED) is 0.875. The Morgan fingerprint density at radius 1 is 1.18 bits per heavy atom. The SMILES string of the molecule is O=C(NC1CC1)[C@H]1CCC(=O)N(CCCc2ccccc2)C1. The number of nitrogens with zero attached hydrogens (tertiary/aromatic N) is 1. The smallest absolute Gasteiger partial charge is 0.225 e. The molecule has 1 aromatic rings. The highest BCUT2D eigenvalue weighted by Crippen LogP contribution is 2.23. The highest BCUT2D eigenvalue weighted by atomic mass is 16.2. The summed E-state index contributed by atoms with van der Waals surface area (Å²) in [7, 11) is 0. The number of benzene rings is 1. The van der Waals surface area contributed by atoms with Crippen LogP contribution in [0.4, 0.5) is 0 Å². The molecule has 0 aromatic heterocycles. The van der Waals surface area contributed by atoms with Crippen LogP contribution < -0.4 is 5.32 Å². The van der Waals surface area contributed by atoms with Crippen LogP contribution in [0, 0.1) is 5.92 Å².